The van der Waals surface area contributed by atoms with Crippen molar-refractivity contribution in [2.24, 2.45) is 4.99 Å². The van der Waals surface area contributed by atoms with Gasteiger partial charge < -0.3 is 15.5 Å². The van der Waals surface area contributed by atoms with Crippen LogP contribution < -0.4 is 10.6 Å². The Morgan fingerprint density at radius 2 is 2.00 bits per heavy atom. The van der Waals surface area contributed by atoms with Gasteiger partial charge in [0.05, 0.1) is 0 Å². The Balaban J connectivity index is 0.00000364. The van der Waals surface area contributed by atoms with Crippen LogP contribution in [0, 0.1) is 0 Å². The number of likely N-dealkylation sites (tertiary alicyclic amines) is 1. The number of guanidine groups is 1. The maximum absolute atomic E-state index is 11.8. The van der Waals surface area contributed by atoms with Crippen LogP contribution in [0.4, 0.5) is 0 Å². The fourth-order valence-electron chi connectivity index (χ4n) is 3.21. The van der Waals surface area contributed by atoms with Gasteiger partial charge in [-0.3, -0.25) is 9.69 Å². The number of piperidine rings is 1. The van der Waals surface area contributed by atoms with Crippen molar-refractivity contribution < 1.29 is 4.79 Å². The Hall–Kier alpha value is -1.35. The minimum Gasteiger partial charge on any atom is -0.357 e. The molecule has 0 spiro atoms. The van der Waals surface area contributed by atoms with Crippen LogP contribution in [0.25, 0.3) is 0 Å². The molecule has 6 nitrogen and oxygen atoms in total. The minimum atomic E-state index is 0. The molecule has 1 aromatic rings. The monoisotopic (exact) mass is 487 g/mol. The second-order valence-corrected chi connectivity index (χ2v) is 7.15. The molecule has 2 rings (SSSR count). The molecule has 1 aromatic carbocycles. The summed E-state index contributed by atoms with van der Waals surface area (Å²) in [7, 11) is 3.50. The van der Waals surface area contributed by atoms with Gasteiger partial charge >= 0.3 is 0 Å². The van der Waals surface area contributed by atoms with Crippen molar-refractivity contribution in [2.75, 3.05) is 33.7 Å². The molecule has 1 aliphatic rings. The Kier molecular flexibility index (Phi) is 10.7. The molecule has 0 aliphatic carbocycles. The summed E-state index contributed by atoms with van der Waals surface area (Å²) in [6.07, 6.45) is 2.14. The van der Waals surface area contributed by atoms with E-state index >= 15 is 0 Å². The van der Waals surface area contributed by atoms with Crippen molar-refractivity contribution >= 4 is 35.8 Å². The van der Waals surface area contributed by atoms with Crippen LogP contribution in [0.3, 0.4) is 0 Å². The van der Waals surface area contributed by atoms with Crippen molar-refractivity contribution in [1.82, 2.24) is 20.4 Å². The van der Waals surface area contributed by atoms with E-state index in [0.717, 1.165) is 38.4 Å². The SMILES string of the molecule is CCNC(=NCC(=O)N(C)C)NC1CCN(Cc2ccccc2)C(C)C1.I. The third kappa shape index (κ3) is 8.04. The molecule has 0 bridgehead atoms. The van der Waals surface area contributed by atoms with Crippen LogP contribution in [0.1, 0.15) is 32.3 Å². The highest BCUT2D eigenvalue weighted by molar-refractivity contribution is 14.0. The van der Waals surface area contributed by atoms with Gasteiger partial charge in [-0.2, -0.15) is 0 Å². The molecular weight excluding hydrogens is 453 g/mol. The summed E-state index contributed by atoms with van der Waals surface area (Å²) in [4.78, 5) is 20.3. The Morgan fingerprint density at radius 1 is 1.30 bits per heavy atom. The van der Waals surface area contributed by atoms with Crippen LogP contribution in [0.2, 0.25) is 0 Å². The lowest BCUT2D eigenvalue weighted by Crippen LogP contribution is -2.51. The normalized spacial score (nSPS) is 20.5. The minimum absolute atomic E-state index is 0. The summed E-state index contributed by atoms with van der Waals surface area (Å²) < 4.78 is 0. The molecule has 0 radical (unpaired) electrons. The third-order valence-corrected chi connectivity index (χ3v) is 4.80. The van der Waals surface area contributed by atoms with Gasteiger partial charge in [0.1, 0.15) is 6.54 Å². The average Bonchev–Trinajstić information content (AvgIpc) is 2.62. The number of hydrogen-bond donors (Lipinski definition) is 2. The third-order valence-electron chi connectivity index (χ3n) is 4.80. The number of likely N-dealkylation sites (N-methyl/N-ethyl adjacent to an activating group) is 1. The summed E-state index contributed by atoms with van der Waals surface area (Å²) in [5.74, 6) is 0.740. The number of nitrogens with one attached hydrogen (secondary N) is 2. The highest BCUT2D eigenvalue weighted by Crippen LogP contribution is 2.19. The van der Waals surface area contributed by atoms with Crippen LogP contribution >= 0.6 is 24.0 Å². The molecule has 27 heavy (non-hydrogen) atoms. The number of benzene rings is 1. The zero-order chi connectivity index (χ0) is 18.9. The van der Waals surface area contributed by atoms with E-state index in [0.29, 0.717) is 12.1 Å². The molecular formula is C20H34IN5O. The van der Waals surface area contributed by atoms with Gasteiger partial charge in [0, 0.05) is 45.8 Å². The van der Waals surface area contributed by atoms with E-state index < -0.39 is 0 Å². The van der Waals surface area contributed by atoms with E-state index in [1.807, 2.05) is 6.92 Å². The number of halogens is 1. The maximum atomic E-state index is 11.8. The zero-order valence-electron chi connectivity index (χ0n) is 16.9. The van der Waals surface area contributed by atoms with Crippen LogP contribution in [-0.4, -0.2) is 67.5 Å². The van der Waals surface area contributed by atoms with Crippen LogP contribution in [0.15, 0.2) is 35.3 Å². The van der Waals surface area contributed by atoms with Gasteiger partial charge in [-0.1, -0.05) is 30.3 Å². The largest absolute Gasteiger partial charge is 0.357 e. The Labute approximate surface area is 180 Å². The fourth-order valence-corrected chi connectivity index (χ4v) is 3.21. The molecule has 1 aliphatic heterocycles. The number of nitrogens with zero attached hydrogens (tertiary/aromatic N) is 3. The lowest BCUT2D eigenvalue weighted by atomic mass is 9.97. The van der Waals surface area contributed by atoms with Gasteiger partial charge in [-0.25, -0.2) is 4.99 Å². The summed E-state index contributed by atoms with van der Waals surface area (Å²) in [5.41, 5.74) is 1.36. The molecule has 1 saturated heterocycles. The van der Waals surface area contributed by atoms with E-state index in [2.05, 4.69) is 57.8 Å². The van der Waals surface area contributed by atoms with Gasteiger partial charge in [0.15, 0.2) is 5.96 Å². The van der Waals surface area contributed by atoms with Crippen molar-refractivity contribution in [1.29, 1.82) is 0 Å². The summed E-state index contributed by atoms with van der Waals surface area (Å²) in [6, 6.07) is 11.5. The highest BCUT2D eigenvalue weighted by Gasteiger charge is 2.26. The topological polar surface area (TPSA) is 60.0 Å². The van der Waals surface area contributed by atoms with Crippen LogP contribution in [-0.2, 0) is 11.3 Å². The van der Waals surface area contributed by atoms with E-state index in [1.165, 1.54) is 5.56 Å². The summed E-state index contributed by atoms with van der Waals surface area (Å²) in [6.45, 7) is 7.34. The van der Waals surface area contributed by atoms with Gasteiger partial charge in [0.25, 0.3) is 0 Å². The number of amides is 1. The standard InChI is InChI=1S/C20H33N5O.HI/c1-5-21-20(22-14-19(26)24(3)4)23-18-11-12-25(16(2)13-18)15-17-9-7-6-8-10-17;/h6-10,16,18H,5,11-15H2,1-4H3,(H2,21,22,23);1H. The van der Waals surface area contributed by atoms with Gasteiger partial charge in [0.2, 0.25) is 5.91 Å². The van der Waals surface area contributed by atoms with E-state index in [9.17, 15) is 4.79 Å². The fraction of sp³-hybridized carbons (Fsp3) is 0.600. The first-order chi connectivity index (χ1) is 12.5. The first-order valence-electron chi connectivity index (χ1n) is 9.52. The first kappa shape index (κ1) is 23.7. The van der Waals surface area contributed by atoms with Crippen LogP contribution in [0.5, 0.6) is 0 Å². The molecule has 0 saturated carbocycles. The van der Waals surface area contributed by atoms with Crippen molar-refractivity contribution in [3.8, 4) is 0 Å². The number of carbonyl (C=O) groups is 1. The molecule has 1 heterocycles. The number of carbonyl (C=O) groups excluding carboxylic acids is 1. The lowest BCUT2D eigenvalue weighted by Gasteiger charge is -2.38. The Morgan fingerprint density at radius 3 is 2.59 bits per heavy atom. The second-order valence-electron chi connectivity index (χ2n) is 7.15. The summed E-state index contributed by atoms with van der Waals surface area (Å²) >= 11 is 0. The average molecular weight is 487 g/mol. The zero-order valence-corrected chi connectivity index (χ0v) is 19.3. The van der Waals surface area contributed by atoms with E-state index in [1.54, 1.807) is 19.0 Å². The lowest BCUT2D eigenvalue weighted by molar-refractivity contribution is -0.127. The quantitative estimate of drug-likeness (QED) is 0.368. The van der Waals surface area contributed by atoms with E-state index in [-0.39, 0.29) is 36.4 Å². The highest BCUT2D eigenvalue weighted by atomic mass is 127. The molecule has 2 unspecified atom stereocenters. The van der Waals surface area contributed by atoms with Crippen molar-refractivity contribution in [2.45, 2.75) is 45.3 Å². The molecule has 2 atom stereocenters. The first-order valence-corrected chi connectivity index (χ1v) is 9.52. The predicted octanol–water partition coefficient (Wildman–Crippen LogP) is 2.30. The molecule has 1 fully saturated rings. The molecule has 1 amide bonds. The molecule has 7 heteroatoms. The Bertz CT molecular complexity index is 593. The number of aliphatic imine (C=N–C) groups is 1. The molecule has 2 N–H and O–H groups in total. The van der Waals surface area contributed by atoms with Gasteiger partial charge in [-0.05, 0) is 32.3 Å². The molecule has 0 aromatic heterocycles. The molecule has 152 valence electrons. The van der Waals surface area contributed by atoms with Gasteiger partial charge in [-0.15, -0.1) is 24.0 Å². The predicted molar refractivity (Wildman–Crippen MR) is 123 cm³/mol. The smallest absolute Gasteiger partial charge is 0.243 e. The number of hydrogen-bond acceptors (Lipinski definition) is 3. The van der Waals surface area contributed by atoms with E-state index in [4.69, 9.17) is 0 Å². The van der Waals surface area contributed by atoms with Crippen molar-refractivity contribution in [3.63, 3.8) is 0 Å². The summed E-state index contributed by atoms with van der Waals surface area (Å²) in [5, 5.41) is 6.75. The number of rotatable bonds is 6. The second kappa shape index (κ2) is 12.2. The maximum Gasteiger partial charge on any atom is 0.243 e. The van der Waals surface area contributed by atoms with Crippen molar-refractivity contribution in [3.05, 3.63) is 35.9 Å².